The summed E-state index contributed by atoms with van der Waals surface area (Å²) >= 11 is 1.65. The molecule has 5 heteroatoms. The summed E-state index contributed by atoms with van der Waals surface area (Å²) in [6.07, 6.45) is 2.30. The van der Waals surface area contributed by atoms with E-state index in [9.17, 15) is 4.79 Å². The van der Waals surface area contributed by atoms with Gasteiger partial charge in [0, 0.05) is 34.6 Å². The van der Waals surface area contributed by atoms with Crippen molar-refractivity contribution in [1.29, 1.82) is 0 Å². The van der Waals surface area contributed by atoms with Crippen LogP contribution in [-0.2, 0) is 0 Å². The molecule has 2 N–H and O–H groups in total. The van der Waals surface area contributed by atoms with Gasteiger partial charge in [-0.3, -0.25) is 4.79 Å². The maximum Gasteiger partial charge on any atom is 0.255 e. The number of carbonyl (C=O) groups is 1. The molecule has 1 saturated carbocycles. The van der Waals surface area contributed by atoms with Crippen LogP contribution in [0.1, 0.15) is 23.2 Å². The zero-order chi connectivity index (χ0) is 13.7. The van der Waals surface area contributed by atoms with Gasteiger partial charge in [0.1, 0.15) is 0 Å². The highest BCUT2D eigenvalue weighted by molar-refractivity contribution is 7.17. The lowest BCUT2D eigenvalue weighted by Crippen LogP contribution is -2.33. The van der Waals surface area contributed by atoms with Crippen LogP contribution < -0.4 is 5.73 Å². The monoisotopic (exact) mass is 322 g/mol. The zero-order valence-corrected chi connectivity index (χ0v) is 13.3. The Kier molecular flexibility index (Phi) is 3.95. The van der Waals surface area contributed by atoms with E-state index in [1.165, 1.54) is 11.1 Å². The van der Waals surface area contributed by atoms with Gasteiger partial charge in [-0.05, 0) is 30.7 Å². The summed E-state index contributed by atoms with van der Waals surface area (Å²) in [5.74, 6) is 1.33. The Morgan fingerprint density at radius 1 is 1.24 bits per heavy atom. The van der Waals surface area contributed by atoms with Crippen LogP contribution >= 0.6 is 23.7 Å². The number of benzene rings is 1. The average molecular weight is 323 g/mol. The van der Waals surface area contributed by atoms with Crippen molar-refractivity contribution >= 4 is 39.7 Å². The topological polar surface area (TPSA) is 46.3 Å². The second-order valence-corrected chi connectivity index (χ2v) is 6.93. The van der Waals surface area contributed by atoms with Crippen molar-refractivity contribution in [3.05, 3.63) is 35.2 Å². The fourth-order valence-electron chi connectivity index (χ4n) is 3.79. The van der Waals surface area contributed by atoms with E-state index < -0.39 is 0 Å². The molecule has 112 valence electrons. The van der Waals surface area contributed by atoms with Gasteiger partial charge >= 0.3 is 0 Å². The van der Waals surface area contributed by atoms with Crippen molar-refractivity contribution < 1.29 is 4.79 Å². The molecule has 3 nitrogen and oxygen atoms in total. The molecule has 4 rings (SSSR count). The second kappa shape index (κ2) is 5.59. The first-order chi connectivity index (χ1) is 9.74. The minimum atomic E-state index is 0. The Labute approximate surface area is 134 Å². The lowest BCUT2D eigenvalue weighted by molar-refractivity contribution is 0.0782. The van der Waals surface area contributed by atoms with Crippen molar-refractivity contribution in [3.8, 4) is 0 Å². The molecule has 21 heavy (non-hydrogen) atoms. The molecule has 0 spiro atoms. The van der Waals surface area contributed by atoms with Crippen molar-refractivity contribution in [1.82, 2.24) is 4.90 Å². The van der Waals surface area contributed by atoms with Crippen LogP contribution in [0.4, 0.5) is 0 Å². The van der Waals surface area contributed by atoms with Crippen LogP contribution in [0.15, 0.2) is 29.6 Å². The molecule has 3 atom stereocenters. The van der Waals surface area contributed by atoms with E-state index in [0.29, 0.717) is 11.8 Å². The van der Waals surface area contributed by atoms with E-state index in [4.69, 9.17) is 5.73 Å². The molecular formula is C16H19ClN2OS. The van der Waals surface area contributed by atoms with E-state index in [-0.39, 0.29) is 24.4 Å². The molecule has 1 aromatic heterocycles. The maximum atomic E-state index is 12.8. The normalized spacial score (nSPS) is 27.7. The van der Waals surface area contributed by atoms with E-state index in [2.05, 4.69) is 6.07 Å². The molecule has 2 heterocycles. The highest BCUT2D eigenvalue weighted by atomic mass is 35.5. The molecule has 1 aliphatic carbocycles. The number of rotatable bonds is 1. The number of hydrogen-bond donors (Lipinski definition) is 1. The molecular weight excluding hydrogens is 304 g/mol. The fourth-order valence-corrected chi connectivity index (χ4v) is 4.72. The van der Waals surface area contributed by atoms with Crippen molar-refractivity contribution in [2.75, 3.05) is 13.1 Å². The smallest absolute Gasteiger partial charge is 0.255 e. The van der Waals surface area contributed by atoms with Crippen LogP contribution in [0.2, 0.25) is 0 Å². The fraction of sp³-hybridized carbons (Fsp3) is 0.438. The number of fused-ring (bicyclic) bond motifs is 2. The van der Waals surface area contributed by atoms with Gasteiger partial charge in [0.05, 0.1) is 5.56 Å². The van der Waals surface area contributed by atoms with Crippen LogP contribution in [0, 0.1) is 11.8 Å². The first-order valence-corrected chi connectivity index (χ1v) is 8.13. The Balaban J connectivity index is 0.00000132. The van der Waals surface area contributed by atoms with Crippen LogP contribution in [-0.4, -0.2) is 29.9 Å². The molecule has 1 saturated heterocycles. The van der Waals surface area contributed by atoms with Crippen LogP contribution in [0.25, 0.3) is 10.1 Å². The summed E-state index contributed by atoms with van der Waals surface area (Å²) in [6, 6.07) is 8.43. The quantitative estimate of drug-likeness (QED) is 0.876. The molecule has 1 aromatic carbocycles. The minimum Gasteiger partial charge on any atom is -0.338 e. The molecule has 2 aromatic rings. The van der Waals surface area contributed by atoms with Gasteiger partial charge < -0.3 is 10.6 Å². The number of carbonyl (C=O) groups excluding carboxylic acids is 1. The molecule has 1 aliphatic heterocycles. The number of thiophene rings is 1. The standard InChI is InChI=1S/C16H18N2OS.ClH/c17-14-6-5-10-7-18(8-12(10)14)16(19)13-9-20-15-4-2-1-3-11(13)15;/h1-4,9-10,12,14H,5-8,17H2;1H. The van der Waals surface area contributed by atoms with Gasteiger partial charge in [0.15, 0.2) is 0 Å². The van der Waals surface area contributed by atoms with Gasteiger partial charge in [-0.1, -0.05) is 18.2 Å². The van der Waals surface area contributed by atoms with Crippen LogP contribution in [0.3, 0.4) is 0 Å². The van der Waals surface area contributed by atoms with Crippen molar-refractivity contribution in [3.63, 3.8) is 0 Å². The minimum absolute atomic E-state index is 0. The lowest BCUT2D eigenvalue weighted by Gasteiger charge is -2.18. The number of hydrogen-bond acceptors (Lipinski definition) is 3. The average Bonchev–Trinajstić information content (AvgIpc) is 3.14. The van der Waals surface area contributed by atoms with E-state index >= 15 is 0 Å². The van der Waals surface area contributed by atoms with Crippen molar-refractivity contribution in [2.24, 2.45) is 17.6 Å². The second-order valence-electron chi connectivity index (χ2n) is 6.02. The van der Waals surface area contributed by atoms with Gasteiger partial charge in [0.2, 0.25) is 0 Å². The maximum absolute atomic E-state index is 12.8. The summed E-state index contributed by atoms with van der Waals surface area (Å²) < 4.78 is 1.19. The number of nitrogens with zero attached hydrogens (tertiary/aromatic N) is 1. The largest absolute Gasteiger partial charge is 0.338 e. The Hall–Kier alpha value is -1.10. The highest BCUT2D eigenvalue weighted by Gasteiger charge is 2.42. The predicted octanol–water partition coefficient (Wildman–Crippen LogP) is 3.13. The molecule has 0 radical (unpaired) electrons. The summed E-state index contributed by atoms with van der Waals surface area (Å²) in [5.41, 5.74) is 7.02. The third-order valence-corrected chi connectivity index (χ3v) is 5.87. The molecule has 2 aliphatic rings. The van der Waals surface area contributed by atoms with Gasteiger partial charge in [-0.2, -0.15) is 0 Å². The third-order valence-electron chi connectivity index (χ3n) is 4.91. The summed E-state index contributed by atoms with van der Waals surface area (Å²) in [5, 5.41) is 3.09. The summed E-state index contributed by atoms with van der Waals surface area (Å²) in [7, 11) is 0. The lowest BCUT2D eigenvalue weighted by atomic mass is 9.98. The third kappa shape index (κ3) is 2.35. The highest BCUT2D eigenvalue weighted by Crippen LogP contribution is 2.38. The number of halogens is 1. The van der Waals surface area contributed by atoms with E-state index in [1.807, 2.05) is 28.5 Å². The SMILES string of the molecule is Cl.NC1CCC2CN(C(=O)c3csc4ccccc34)CC12. The molecule has 2 fully saturated rings. The molecule has 3 unspecified atom stereocenters. The molecule has 1 amide bonds. The Morgan fingerprint density at radius 2 is 2.05 bits per heavy atom. The predicted molar refractivity (Wildman–Crippen MR) is 89.2 cm³/mol. The first-order valence-electron chi connectivity index (χ1n) is 7.25. The Bertz CT molecular complexity index is 671. The van der Waals surface area contributed by atoms with Crippen molar-refractivity contribution in [2.45, 2.75) is 18.9 Å². The Morgan fingerprint density at radius 3 is 2.86 bits per heavy atom. The van der Waals surface area contributed by atoms with Crippen LogP contribution in [0.5, 0.6) is 0 Å². The number of nitrogens with two attached hydrogens (primary N) is 1. The van der Waals surface area contributed by atoms with Gasteiger partial charge in [-0.15, -0.1) is 23.7 Å². The molecule has 0 bridgehead atoms. The summed E-state index contributed by atoms with van der Waals surface area (Å²) in [4.78, 5) is 14.8. The number of amides is 1. The zero-order valence-electron chi connectivity index (χ0n) is 11.7. The van der Waals surface area contributed by atoms with E-state index in [0.717, 1.165) is 30.5 Å². The first kappa shape index (κ1) is 14.8. The van der Waals surface area contributed by atoms with Gasteiger partial charge in [0.25, 0.3) is 5.91 Å². The van der Waals surface area contributed by atoms with Gasteiger partial charge in [-0.25, -0.2) is 0 Å². The van der Waals surface area contributed by atoms with E-state index in [1.54, 1.807) is 11.3 Å². The summed E-state index contributed by atoms with van der Waals surface area (Å²) in [6.45, 7) is 1.73. The number of likely N-dealkylation sites (tertiary alicyclic amines) is 1.